The molecule has 68 valence electrons. The Morgan fingerprint density at radius 2 is 2.58 bits per heavy atom. The van der Waals surface area contributed by atoms with Crippen LogP contribution in [0.2, 0.25) is 0 Å². The van der Waals surface area contributed by atoms with Crippen LogP contribution in [0.25, 0.3) is 0 Å². The Bertz CT molecular complexity index is 189. The van der Waals surface area contributed by atoms with Crippen LogP contribution in [0.3, 0.4) is 0 Å². The maximum absolute atomic E-state index is 3.95. The molecule has 1 heterocycles. The van der Waals surface area contributed by atoms with Gasteiger partial charge >= 0.3 is 0 Å². The molecule has 1 aromatic heterocycles. The third-order valence-corrected chi connectivity index (χ3v) is 3.26. The van der Waals surface area contributed by atoms with Crippen LogP contribution in [-0.4, -0.2) is 29.0 Å². The van der Waals surface area contributed by atoms with E-state index in [1.807, 2.05) is 0 Å². The van der Waals surface area contributed by atoms with Gasteiger partial charge in [-0.15, -0.1) is 10.2 Å². The van der Waals surface area contributed by atoms with Crippen LogP contribution in [0, 0.1) is 0 Å². The molecule has 1 aromatic rings. The van der Waals surface area contributed by atoms with E-state index in [0.717, 1.165) is 23.2 Å². The molecule has 0 radical (unpaired) electrons. The second-order valence-corrected chi connectivity index (χ2v) is 4.44. The van der Waals surface area contributed by atoms with E-state index in [-0.39, 0.29) is 0 Å². The van der Waals surface area contributed by atoms with Gasteiger partial charge < -0.3 is 5.32 Å². The largest absolute Gasteiger partial charge is 0.317 e. The molecule has 0 atom stereocenters. The van der Waals surface area contributed by atoms with E-state index in [1.165, 1.54) is 6.42 Å². The van der Waals surface area contributed by atoms with Gasteiger partial charge in [0.1, 0.15) is 5.51 Å². The molecule has 0 saturated heterocycles. The van der Waals surface area contributed by atoms with Crippen molar-refractivity contribution in [2.24, 2.45) is 0 Å². The highest BCUT2D eigenvalue weighted by atomic mass is 32.2. The van der Waals surface area contributed by atoms with Gasteiger partial charge in [-0.1, -0.05) is 30.0 Å². The molecule has 0 spiro atoms. The van der Waals surface area contributed by atoms with Gasteiger partial charge in [-0.2, -0.15) is 0 Å². The van der Waals surface area contributed by atoms with Gasteiger partial charge in [-0.25, -0.2) is 0 Å². The van der Waals surface area contributed by atoms with Crippen LogP contribution < -0.4 is 5.32 Å². The third kappa shape index (κ3) is 4.04. The van der Waals surface area contributed by atoms with Crippen molar-refractivity contribution in [2.45, 2.75) is 17.7 Å². The molecule has 0 aliphatic rings. The van der Waals surface area contributed by atoms with E-state index in [4.69, 9.17) is 0 Å². The average molecular weight is 203 g/mol. The first-order valence-electron chi connectivity index (χ1n) is 4.03. The zero-order valence-electron chi connectivity index (χ0n) is 7.12. The molecule has 5 heteroatoms. The smallest absolute Gasteiger partial charge is 0.174 e. The van der Waals surface area contributed by atoms with E-state index in [9.17, 15) is 0 Å². The summed E-state index contributed by atoms with van der Waals surface area (Å²) in [6.45, 7) is 4.28. The summed E-state index contributed by atoms with van der Waals surface area (Å²) in [4.78, 5) is 0. The maximum atomic E-state index is 3.95. The summed E-state index contributed by atoms with van der Waals surface area (Å²) >= 11 is 3.39. The Hall–Kier alpha value is -0.130. The summed E-state index contributed by atoms with van der Waals surface area (Å²) in [6.07, 6.45) is 1.19. The number of aromatic nitrogens is 2. The average Bonchev–Trinajstić information content (AvgIpc) is 2.57. The molecule has 12 heavy (non-hydrogen) atoms. The molecule has 3 nitrogen and oxygen atoms in total. The minimum Gasteiger partial charge on any atom is -0.317 e. The first-order chi connectivity index (χ1) is 5.93. The molecule has 1 N–H and O–H groups in total. The predicted octanol–water partition coefficient (Wildman–Crippen LogP) is 1.63. The van der Waals surface area contributed by atoms with Crippen molar-refractivity contribution in [3.05, 3.63) is 5.51 Å². The standard InChI is InChI=1S/C7H13N3S2/c1-2-8-4-3-5-11-7-10-9-6-12-7/h6,8H,2-5H2,1H3. The first kappa shape index (κ1) is 9.95. The Kier molecular flexibility index (Phi) is 5.30. The van der Waals surface area contributed by atoms with Crippen LogP contribution in [0.1, 0.15) is 13.3 Å². The molecule has 0 saturated carbocycles. The van der Waals surface area contributed by atoms with Gasteiger partial charge in [0.2, 0.25) is 0 Å². The van der Waals surface area contributed by atoms with Crippen LogP contribution in [0.5, 0.6) is 0 Å². The van der Waals surface area contributed by atoms with Crippen molar-refractivity contribution in [2.75, 3.05) is 18.8 Å². The fourth-order valence-electron chi connectivity index (χ4n) is 0.759. The van der Waals surface area contributed by atoms with Crippen molar-refractivity contribution < 1.29 is 0 Å². The van der Waals surface area contributed by atoms with E-state index in [1.54, 1.807) is 28.6 Å². The molecule has 0 fully saturated rings. The molecular weight excluding hydrogens is 190 g/mol. The monoisotopic (exact) mass is 203 g/mol. The van der Waals surface area contributed by atoms with Crippen molar-refractivity contribution in [3.63, 3.8) is 0 Å². The maximum Gasteiger partial charge on any atom is 0.174 e. The number of nitrogens with one attached hydrogen (secondary N) is 1. The fraction of sp³-hybridized carbons (Fsp3) is 0.714. The van der Waals surface area contributed by atoms with Gasteiger partial charge in [0.05, 0.1) is 0 Å². The summed E-state index contributed by atoms with van der Waals surface area (Å²) in [5.74, 6) is 1.13. The second kappa shape index (κ2) is 6.39. The number of nitrogens with zero attached hydrogens (tertiary/aromatic N) is 2. The Morgan fingerprint density at radius 1 is 1.67 bits per heavy atom. The zero-order chi connectivity index (χ0) is 8.65. The number of rotatable bonds is 6. The van der Waals surface area contributed by atoms with E-state index < -0.39 is 0 Å². The number of hydrogen-bond acceptors (Lipinski definition) is 5. The Morgan fingerprint density at radius 3 is 3.25 bits per heavy atom. The normalized spacial score (nSPS) is 10.4. The topological polar surface area (TPSA) is 37.8 Å². The highest BCUT2D eigenvalue weighted by Crippen LogP contribution is 2.18. The zero-order valence-corrected chi connectivity index (χ0v) is 8.75. The van der Waals surface area contributed by atoms with Crippen LogP contribution in [0.15, 0.2) is 9.85 Å². The quantitative estimate of drug-likeness (QED) is 0.563. The summed E-state index contributed by atoms with van der Waals surface area (Å²) < 4.78 is 1.08. The minimum absolute atomic E-state index is 1.06. The minimum atomic E-state index is 1.06. The first-order valence-corrected chi connectivity index (χ1v) is 5.89. The molecule has 0 amide bonds. The SMILES string of the molecule is CCNCCCSc1nncs1. The Balaban J connectivity index is 1.96. The predicted molar refractivity (Wildman–Crippen MR) is 53.8 cm³/mol. The van der Waals surface area contributed by atoms with Gasteiger partial charge in [0.15, 0.2) is 4.34 Å². The number of thioether (sulfide) groups is 1. The van der Waals surface area contributed by atoms with E-state index in [2.05, 4.69) is 22.4 Å². The third-order valence-electron chi connectivity index (χ3n) is 1.31. The van der Waals surface area contributed by atoms with Crippen molar-refractivity contribution in [1.29, 1.82) is 0 Å². The summed E-state index contributed by atoms with van der Waals surface area (Å²) in [6, 6.07) is 0. The molecule has 0 aliphatic heterocycles. The highest BCUT2D eigenvalue weighted by molar-refractivity contribution is 8.00. The van der Waals surface area contributed by atoms with Crippen molar-refractivity contribution >= 4 is 23.1 Å². The van der Waals surface area contributed by atoms with Crippen LogP contribution in [0.4, 0.5) is 0 Å². The molecule has 0 aliphatic carbocycles. The van der Waals surface area contributed by atoms with Gasteiger partial charge in [-0.3, -0.25) is 0 Å². The van der Waals surface area contributed by atoms with Gasteiger partial charge in [0.25, 0.3) is 0 Å². The Labute approximate surface area is 81.0 Å². The highest BCUT2D eigenvalue weighted by Gasteiger charge is 1.95. The van der Waals surface area contributed by atoms with Crippen molar-refractivity contribution in [1.82, 2.24) is 15.5 Å². The summed E-state index contributed by atoms with van der Waals surface area (Å²) in [7, 11) is 0. The summed E-state index contributed by atoms with van der Waals surface area (Å²) in [5, 5.41) is 11.0. The van der Waals surface area contributed by atoms with Gasteiger partial charge in [0, 0.05) is 5.75 Å². The lowest BCUT2D eigenvalue weighted by atomic mass is 10.5. The van der Waals surface area contributed by atoms with Gasteiger partial charge in [-0.05, 0) is 19.5 Å². The number of hydrogen-bond donors (Lipinski definition) is 1. The van der Waals surface area contributed by atoms with Crippen molar-refractivity contribution in [3.8, 4) is 0 Å². The lowest BCUT2D eigenvalue weighted by Crippen LogP contribution is -2.14. The fourth-order valence-corrected chi connectivity index (χ4v) is 2.26. The molecule has 0 bridgehead atoms. The molecule has 1 rings (SSSR count). The van der Waals surface area contributed by atoms with E-state index in [0.29, 0.717) is 0 Å². The molecule has 0 unspecified atom stereocenters. The lowest BCUT2D eigenvalue weighted by Gasteiger charge is -1.98. The summed E-state index contributed by atoms with van der Waals surface area (Å²) in [5.41, 5.74) is 1.77. The molecule has 0 aromatic carbocycles. The second-order valence-electron chi connectivity index (χ2n) is 2.26. The van der Waals surface area contributed by atoms with Crippen LogP contribution >= 0.6 is 23.1 Å². The molecular formula is C7H13N3S2. The van der Waals surface area contributed by atoms with E-state index >= 15 is 0 Å². The van der Waals surface area contributed by atoms with Crippen LogP contribution in [-0.2, 0) is 0 Å². The lowest BCUT2D eigenvalue weighted by molar-refractivity contribution is 0.707.